The third-order valence-corrected chi connectivity index (χ3v) is 2.58. The number of nitro groups is 1. The first-order valence-electron chi connectivity index (χ1n) is 5.27. The van der Waals surface area contributed by atoms with E-state index in [0.717, 1.165) is 24.2 Å². The largest absolute Gasteiger partial charge is 0.363 e. The average molecular weight is 233 g/mol. The van der Waals surface area contributed by atoms with Crippen LogP contribution in [0, 0.1) is 10.1 Å². The van der Waals surface area contributed by atoms with Gasteiger partial charge in [-0.2, -0.15) is 0 Å². The van der Waals surface area contributed by atoms with Crippen molar-refractivity contribution in [3.63, 3.8) is 0 Å². The molecule has 0 saturated carbocycles. The lowest BCUT2D eigenvalue weighted by molar-refractivity contribution is -0.679. The first kappa shape index (κ1) is 11.3. The Kier molecular flexibility index (Phi) is 3.13. The van der Waals surface area contributed by atoms with Gasteiger partial charge in [0.2, 0.25) is 0 Å². The number of H-pyrrole nitrogens is 1. The van der Waals surface area contributed by atoms with Gasteiger partial charge in [0.25, 0.3) is 5.82 Å². The lowest BCUT2D eigenvalue weighted by atomic mass is 10.1. The molecule has 2 aromatic rings. The van der Waals surface area contributed by atoms with Crippen LogP contribution in [0.2, 0.25) is 0 Å². The minimum Gasteiger partial charge on any atom is -0.358 e. The van der Waals surface area contributed by atoms with Crippen LogP contribution in [0.5, 0.6) is 0 Å². The van der Waals surface area contributed by atoms with Crippen LogP contribution in [-0.4, -0.2) is 14.9 Å². The number of imidazole rings is 1. The van der Waals surface area contributed by atoms with E-state index >= 15 is 0 Å². The Morgan fingerprint density at radius 2 is 2.35 bits per heavy atom. The first-order chi connectivity index (χ1) is 8.16. The molecule has 2 heterocycles. The number of pyridine rings is 1. The molecule has 2 aromatic heterocycles. The molecular weight excluding hydrogens is 220 g/mol. The standard InChI is InChI=1S/C11H12N4O2/c1-14-8-11(15(16)17)13-10(14)5-4-9-3-2-6-12-7-9/h2-3,6-8H,4-5H2,1H3/p+1. The summed E-state index contributed by atoms with van der Waals surface area (Å²) >= 11 is 0. The van der Waals surface area contributed by atoms with Gasteiger partial charge in [-0.3, -0.25) is 4.98 Å². The Balaban J connectivity index is 2.07. The normalized spacial score (nSPS) is 10.4. The molecule has 6 heteroatoms. The summed E-state index contributed by atoms with van der Waals surface area (Å²) in [5.41, 5.74) is 1.12. The monoisotopic (exact) mass is 233 g/mol. The van der Waals surface area contributed by atoms with Gasteiger partial charge in [-0.15, -0.1) is 0 Å². The van der Waals surface area contributed by atoms with E-state index in [2.05, 4.69) is 9.97 Å². The molecule has 2 rings (SSSR count). The summed E-state index contributed by atoms with van der Waals surface area (Å²) < 4.78 is 1.74. The number of aromatic nitrogens is 3. The quantitative estimate of drug-likeness (QED) is 0.485. The van der Waals surface area contributed by atoms with Crippen molar-refractivity contribution in [3.05, 3.63) is 52.2 Å². The van der Waals surface area contributed by atoms with E-state index < -0.39 is 4.92 Å². The minimum atomic E-state index is -0.423. The molecule has 0 fully saturated rings. The van der Waals surface area contributed by atoms with E-state index in [0.29, 0.717) is 0 Å². The van der Waals surface area contributed by atoms with Gasteiger partial charge in [0, 0.05) is 12.4 Å². The van der Waals surface area contributed by atoms with E-state index in [1.807, 2.05) is 12.1 Å². The van der Waals surface area contributed by atoms with Crippen molar-refractivity contribution in [2.24, 2.45) is 7.05 Å². The molecule has 0 aliphatic carbocycles. The summed E-state index contributed by atoms with van der Waals surface area (Å²) in [7, 11) is 1.79. The van der Waals surface area contributed by atoms with Gasteiger partial charge >= 0.3 is 5.82 Å². The average Bonchev–Trinajstić information content (AvgIpc) is 2.70. The van der Waals surface area contributed by atoms with Crippen LogP contribution in [0.4, 0.5) is 5.82 Å². The maximum atomic E-state index is 10.6. The van der Waals surface area contributed by atoms with Gasteiger partial charge in [0.1, 0.15) is 0 Å². The molecule has 0 saturated heterocycles. The molecule has 0 radical (unpaired) electrons. The second-order valence-corrected chi connectivity index (χ2v) is 3.82. The van der Waals surface area contributed by atoms with Gasteiger partial charge in [0.15, 0.2) is 6.20 Å². The number of hydrogen-bond donors (Lipinski definition) is 1. The summed E-state index contributed by atoms with van der Waals surface area (Å²) in [5, 5.41) is 10.6. The fourth-order valence-corrected chi connectivity index (χ4v) is 1.67. The van der Waals surface area contributed by atoms with Gasteiger partial charge < -0.3 is 10.1 Å². The third kappa shape index (κ3) is 2.66. The van der Waals surface area contributed by atoms with Crippen LogP contribution in [0.1, 0.15) is 11.4 Å². The topological polar surface area (TPSA) is 75.7 Å². The molecule has 88 valence electrons. The van der Waals surface area contributed by atoms with E-state index in [4.69, 9.17) is 0 Å². The molecule has 1 N–H and O–H groups in total. The lowest BCUT2D eigenvalue weighted by Gasteiger charge is -1.96. The smallest absolute Gasteiger partial charge is 0.358 e. The zero-order valence-electron chi connectivity index (χ0n) is 9.46. The van der Waals surface area contributed by atoms with Crippen molar-refractivity contribution in [3.8, 4) is 0 Å². The van der Waals surface area contributed by atoms with Crippen LogP contribution >= 0.6 is 0 Å². The molecular formula is C11H13N4O2+. The molecule has 0 unspecified atom stereocenters. The predicted molar refractivity (Wildman–Crippen MR) is 60.3 cm³/mol. The Morgan fingerprint density at radius 3 is 2.94 bits per heavy atom. The van der Waals surface area contributed by atoms with Crippen molar-refractivity contribution in [2.75, 3.05) is 0 Å². The highest BCUT2D eigenvalue weighted by atomic mass is 16.6. The van der Waals surface area contributed by atoms with Crippen molar-refractivity contribution < 1.29 is 9.49 Å². The van der Waals surface area contributed by atoms with Crippen LogP contribution in [-0.2, 0) is 19.9 Å². The molecule has 0 bridgehead atoms. The van der Waals surface area contributed by atoms with Gasteiger partial charge in [-0.05, 0) is 23.0 Å². The summed E-state index contributed by atoms with van der Waals surface area (Å²) in [6.45, 7) is 0. The number of rotatable bonds is 4. The Morgan fingerprint density at radius 1 is 1.53 bits per heavy atom. The summed E-state index contributed by atoms with van der Waals surface area (Å²) in [6.07, 6.45) is 6.54. The van der Waals surface area contributed by atoms with Crippen LogP contribution in [0.25, 0.3) is 0 Å². The molecule has 0 spiro atoms. The number of nitrogens with one attached hydrogen (secondary N) is 1. The second kappa shape index (κ2) is 4.73. The maximum absolute atomic E-state index is 10.6. The van der Waals surface area contributed by atoms with E-state index in [-0.39, 0.29) is 5.82 Å². The molecule has 6 nitrogen and oxygen atoms in total. The van der Waals surface area contributed by atoms with E-state index in [1.54, 1.807) is 24.0 Å². The number of aromatic amines is 1. The van der Waals surface area contributed by atoms with Crippen LogP contribution < -0.4 is 4.57 Å². The van der Waals surface area contributed by atoms with Crippen molar-refractivity contribution in [1.29, 1.82) is 0 Å². The highest BCUT2D eigenvalue weighted by Crippen LogP contribution is 2.07. The number of aryl methyl sites for hydroxylation is 3. The Hall–Kier alpha value is -2.24. The summed E-state index contributed by atoms with van der Waals surface area (Å²) in [5.74, 6) is 0.856. The minimum absolute atomic E-state index is 0.0219. The molecule has 0 aromatic carbocycles. The highest BCUT2D eigenvalue weighted by molar-refractivity contribution is 5.12. The molecule has 0 aliphatic heterocycles. The zero-order valence-corrected chi connectivity index (χ0v) is 9.46. The third-order valence-electron chi connectivity index (χ3n) is 2.58. The number of nitrogens with zero attached hydrogens (tertiary/aromatic N) is 3. The molecule has 0 aliphatic rings. The SMILES string of the molecule is C[n+]1cc([N+](=O)[O-])[nH]c1CCc1cccnc1. The molecule has 17 heavy (non-hydrogen) atoms. The van der Waals surface area contributed by atoms with Crippen molar-refractivity contribution in [1.82, 2.24) is 9.97 Å². The van der Waals surface area contributed by atoms with Crippen LogP contribution in [0.3, 0.4) is 0 Å². The maximum Gasteiger partial charge on any atom is 0.363 e. The van der Waals surface area contributed by atoms with Gasteiger partial charge in [-0.25, -0.2) is 9.55 Å². The summed E-state index contributed by atoms with van der Waals surface area (Å²) in [6, 6.07) is 3.87. The zero-order chi connectivity index (χ0) is 12.3. The van der Waals surface area contributed by atoms with Gasteiger partial charge in [0.05, 0.1) is 13.5 Å². The Bertz CT molecular complexity index is 522. The Labute approximate surface area is 98.1 Å². The fourth-order valence-electron chi connectivity index (χ4n) is 1.67. The van der Waals surface area contributed by atoms with Crippen molar-refractivity contribution >= 4 is 5.82 Å². The van der Waals surface area contributed by atoms with Crippen LogP contribution in [0.15, 0.2) is 30.7 Å². The van der Waals surface area contributed by atoms with E-state index in [1.165, 1.54) is 6.20 Å². The fraction of sp³-hybridized carbons (Fsp3) is 0.273. The highest BCUT2D eigenvalue weighted by Gasteiger charge is 2.16. The number of hydrogen-bond acceptors (Lipinski definition) is 3. The molecule has 0 atom stereocenters. The first-order valence-corrected chi connectivity index (χ1v) is 5.27. The van der Waals surface area contributed by atoms with Crippen molar-refractivity contribution in [2.45, 2.75) is 12.8 Å². The van der Waals surface area contributed by atoms with E-state index in [9.17, 15) is 10.1 Å². The second-order valence-electron chi connectivity index (χ2n) is 3.82. The lowest BCUT2D eigenvalue weighted by Crippen LogP contribution is -2.30. The van der Waals surface area contributed by atoms with Gasteiger partial charge in [-0.1, -0.05) is 6.07 Å². The molecule has 0 amide bonds. The summed E-state index contributed by atoms with van der Waals surface area (Å²) in [4.78, 5) is 17.0. The predicted octanol–water partition coefficient (Wildman–Crippen LogP) is 0.928.